The average Bonchev–Trinajstić information content (AvgIpc) is 2.82. The third-order valence-corrected chi connectivity index (χ3v) is 2.39. The second-order valence-electron chi connectivity index (χ2n) is 3.15. The number of aliphatic hydroxyl groups excluding tert-OH is 2. The number of fused-ring (bicyclic) bond motifs is 2. The Morgan fingerprint density at radius 2 is 1.36 bits per heavy atom. The van der Waals surface area contributed by atoms with Gasteiger partial charge in [0.05, 0.1) is 11.4 Å². The fourth-order valence-corrected chi connectivity index (χ4v) is 1.72. The first-order chi connectivity index (χ1) is 6.79. The highest BCUT2D eigenvalue weighted by molar-refractivity contribution is 5.17. The molecule has 0 spiro atoms. The SMILES string of the molecule is OC1c2ccnn2[C@@H](O)c2ccnn21. The summed E-state index contributed by atoms with van der Waals surface area (Å²) in [7, 11) is 0. The molecule has 0 saturated heterocycles. The Labute approximate surface area is 79.0 Å². The Morgan fingerprint density at radius 1 is 0.929 bits per heavy atom. The summed E-state index contributed by atoms with van der Waals surface area (Å²) < 4.78 is 2.75. The molecule has 2 aromatic heterocycles. The summed E-state index contributed by atoms with van der Waals surface area (Å²) >= 11 is 0. The topological polar surface area (TPSA) is 76.1 Å². The molecule has 6 nitrogen and oxygen atoms in total. The molecule has 0 fully saturated rings. The van der Waals surface area contributed by atoms with Crippen molar-refractivity contribution in [1.29, 1.82) is 0 Å². The van der Waals surface area contributed by atoms with Crippen LogP contribution >= 0.6 is 0 Å². The lowest BCUT2D eigenvalue weighted by atomic mass is 10.2. The number of hydrogen-bond acceptors (Lipinski definition) is 4. The summed E-state index contributed by atoms with van der Waals surface area (Å²) in [6.07, 6.45) is 1.33. The maximum Gasteiger partial charge on any atom is 0.190 e. The molecule has 0 amide bonds. The highest BCUT2D eigenvalue weighted by Gasteiger charge is 2.30. The summed E-state index contributed by atoms with van der Waals surface area (Å²) in [4.78, 5) is 0. The molecule has 72 valence electrons. The number of hydrogen-bond donors (Lipinski definition) is 2. The van der Waals surface area contributed by atoms with Crippen LogP contribution in [-0.4, -0.2) is 29.8 Å². The predicted molar refractivity (Wildman–Crippen MR) is 45.2 cm³/mol. The molecule has 3 heterocycles. The molecule has 1 unspecified atom stereocenters. The van der Waals surface area contributed by atoms with E-state index in [1.165, 1.54) is 21.8 Å². The van der Waals surface area contributed by atoms with Gasteiger partial charge in [-0.2, -0.15) is 10.2 Å². The monoisotopic (exact) mass is 192 g/mol. The van der Waals surface area contributed by atoms with Gasteiger partial charge in [-0.05, 0) is 12.1 Å². The minimum Gasteiger partial charge on any atom is -0.367 e. The largest absolute Gasteiger partial charge is 0.367 e. The van der Waals surface area contributed by atoms with Gasteiger partial charge in [0.25, 0.3) is 0 Å². The van der Waals surface area contributed by atoms with Crippen molar-refractivity contribution < 1.29 is 10.2 Å². The van der Waals surface area contributed by atoms with Crippen molar-refractivity contribution in [1.82, 2.24) is 19.6 Å². The van der Waals surface area contributed by atoms with Crippen LogP contribution in [0.25, 0.3) is 0 Å². The van der Waals surface area contributed by atoms with Crippen molar-refractivity contribution in [3.63, 3.8) is 0 Å². The standard InChI is InChI=1S/C8H8N4O2/c13-7-5-1-3-9-11(5)8(14)6-2-4-10-12(6)7/h1-4,7-8,13-14H/t7-,8?/m0/s1. The van der Waals surface area contributed by atoms with E-state index in [9.17, 15) is 10.2 Å². The lowest BCUT2D eigenvalue weighted by Gasteiger charge is -2.25. The highest BCUT2D eigenvalue weighted by atomic mass is 16.3. The third-order valence-electron chi connectivity index (χ3n) is 2.39. The van der Waals surface area contributed by atoms with Crippen LogP contribution in [0, 0.1) is 0 Å². The molecule has 0 bridgehead atoms. The van der Waals surface area contributed by atoms with E-state index in [2.05, 4.69) is 10.2 Å². The number of rotatable bonds is 0. The minimum atomic E-state index is -0.870. The predicted octanol–water partition coefficient (Wildman–Crippen LogP) is -0.529. The summed E-state index contributed by atoms with van der Waals surface area (Å²) in [5, 5.41) is 27.5. The maximum absolute atomic E-state index is 9.84. The summed E-state index contributed by atoms with van der Waals surface area (Å²) in [6.45, 7) is 0. The molecule has 0 radical (unpaired) electrons. The Bertz CT molecular complexity index is 394. The van der Waals surface area contributed by atoms with Crippen molar-refractivity contribution in [2.45, 2.75) is 12.5 Å². The van der Waals surface area contributed by atoms with E-state index in [0.717, 1.165) is 0 Å². The van der Waals surface area contributed by atoms with Gasteiger partial charge in [-0.25, -0.2) is 9.36 Å². The zero-order valence-corrected chi connectivity index (χ0v) is 7.15. The molecule has 2 atom stereocenters. The van der Waals surface area contributed by atoms with Crippen molar-refractivity contribution >= 4 is 0 Å². The van der Waals surface area contributed by atoms with Crippen molar-refractivity contribution in [3.05, 3.63) is 35.9 Å². The van der Waals surface area contributed by atoms with Crippen molar-refractivity contribution in [2.75, 3.05) is 0 Å². The first-order valence-electron chi connectivity index (χ1n) is 4.22. The minimum absolute atomic E-state index is 0.536. The quantitative estimate of drug-likeness (QED) is 0.588. The Kier molecular flexibility index (Phi) is 1.34. The molecule has 2 N–H and O–H groups in total. The fraction of sp³-hybridized carbons (Fsp3) is 0.250. The van der Waals surface area contributed by atoms with E-state index >= 15 is 0 Å². The van der Waals surface area contributed by atoms with Gasteiger partial charge in [0.1, 0.15) is 0 Å². The summed E-state index contributed by atoms with van der Waals surface area (Å²) in [6, 6.07) is 3.30. The Hall–Kier alpha value is -1.66. The van der Waals surface area contributed by atoms with E-state index < -0.39 is 12.5 Å². The van der Waals surface area contributed by atoms with Crippen LogP contribution in [0.4, 0.5) is 0 Å². The van der Waals surface area contributed by atoms with Gasteiger partial charge in [0, 0.05) is 12.4 Å². The van der Waals surface area contributed by atoms with Crippen LogP contribution in [-0.2, 0) is 0 Å². The van der Waals surface area contributed by atoms with Crippen LogP contribution in [0.15, 0.2) is 24.5 Å². The molecule has 3 rings (SSSR count). The average molecular weight is 192 g/mol. The first-order valence-corrected chi connectivity index (χ1v) is 4.22. The molecule has 6 heteroatoms. The molecule has 0 aromatic carbocycles. The second-order valence-corrected chi connectivity index (χ2v) is 3.15. The Morgan fingerprint density at radius 3 is 1.79 bits per heavy atom. The lowest BCUT2D eigenvalue weighted by Crippen LogP contribution is -2.29. The number of nitrogens with zero attached hydrogens (tertiary/aromatic N) is 4. The van der Waals surface area contributed by atoms with Crippen LogP contribution < -0.4 is 0 Å². The van der Waals surface area contributed by atoms with Gasteiger partial charge in [-0.15, -0.1) is 0 Å². The van der Waals surface area contributed by atoms with Crippen LogP contribution in [0.3, 0.4) is 0 Å². The van der Waals surface area contributed by atoms with Crippen LogP contribution in [0.1, 0.15) is 23.8 Å². The van der Waals surface area contributed by atoms with Gasteiger partial charge in [-0.3, -0.25) is 0 Å². The summed E-state index contributed by atoms with van der Waals surface area (Å²) in [5.74, 6) is 0. The van der Waals surface area contributed by atoms with Gasteiger partial charge >= 0.3 is 0 Å². The maximum atomic E-state index is 9.84. The van der Waals surface area contributed by atoms with E-state index in [4.69, 9.17) is 0 Å². The van der Waals surface area contributed by atoms with Crippen LogP contribution in [0.5, 0.6) is 0 Å². The van der Waals surface area contributed by atoms with Gasteiger partial charge in [0.15, 0.2) is 12.5 Å². The number of aliphatic hydroxyl groups is 2. The van der Waals surface area contributed by atoms with Gasteiger partial charge in [0.2, 0.25) is 0 Å². The Balaban J connectivity index is 2.26. The van der Waals surface area contributed by atoms with Crippen molar-refractivity contribution in [2.24, 2.45) is 0 Å². The smallest absolute Gasteiger partial charge is 0.190 e. The van der Waals surface area contributed by atoms with E-state index in [1.807, 2.05) is 0 Å². The molecule has 0 saturated carbocycles. The molecule has 14 heavy (non-hydrogen) atoms. The van der Waals surface area contributed by atoms with E-state index in [-0.39, 0.29) is 0 Å². The highest BCUT2D eigenvalue weighted by Crippen LogP contribution is 2.28. The molecule has 1 aliphatic heterocycles. The molecular formula is C8H8N4O2. The van der Waals surface area contributed by atoms with E-state index in [1.54, 1.807) is 12.1 Å². The summed E-state index contributed by atoms with van der Waals surface area (Å²) in [5.41, 5.74) is 1.07. The molecule has 2 aromatic rings. The molecule has 0 aliphatic carbocycles. The fourth-order valence-electron chi connectivity index (χ4n) is 1.72. The van der Waals surface area contributed by atoms with Gasteiger partial charge < -0.3 is 10.2 Å². The molecule has 1 aliphatic rings. The first kappa shape index (κ1) is 7.72. The lowest BCUT2D eigenvalue weighted by molar-refractivity contribution is 0.0426. The normalized spacial score (nSPS) is 24.4. The second kappa shape index (κ2) is 2.43. The zero-order chi connectivity index (χ0) is 9.71. The zero-order valence-electron chi connectivity index (χ0n) is 7.15. The van der Waals surface area contributed by atoms with Gasteiger partial charge in [-0.1, -0.05) is 0 Å². The van der Waals surface area contributed by atoms with Crippen LogP contribution in [0.2, 0.25) is 0 Å². The number of aromatic nitrogens is 4. The van der Waals surface area contributed by atoms with E-state index in [0.29, 0.717) is 11.4 Å². The molecular weight excluding hydrogens is 184 g/mol. The third kappa shape index (κ3) is 0.765. The van der Waals surface area contributed by atoms with Crippen molar-refractivity contribution in [3.8, 4) is 0 Å².